The summed E-state index contributed by atoms with van der Waals surface area (Å²) >= 11 is 0. The van der Waals surface area contributed by atoms with Crippen LogP contribution < -0.4 is 5.32 Å². The number of rotatable bonds is 16. The molecule has 1 unspecified atom stereocenters. The van der Waals surface area contributed by atoms with Crippen LogP contribution in [0.3, 0.4) is 0 Å². The van der Waals surface area contributed by atoms with Gasteiger partial charge in [0.25, 0.3) is 0 Å². The Bertz CT molecular complexity index is 733. The van der Waals surface area contributed by atoms with Gasteiger partial charge in [-0.1, -0.05) is 75.1 Å². The molecule has 1 heterocycles. The van der Waals surface area contributed by atoms with Crippen molar-refractivity contribution in [3.05, 3.63) is 48.0 Å². The quantitative estimate of drug-likeness (QED) is 0.176. The van der Waals surface area contributed by atoms with Gasteiger partial charge in [-0.3, -0.25) is 9.59 Å². The predicted octanol–water partition coefficient (Wildman–Crippen LogP) is 4.51. The number of carbonyl (C=O) groups excluding carboxylic acids is 3. The lowest BCUT2D eigenvalue weighted by Gasteiger charge is -2.37. The minimum Gasteiger partial charge on any atom is -0.461 e. The number of esters is 2. The monoisotopic (exact) mass is 443 g/mol. The van der Waals surface area contributed by atoms with Crippen molar-refractivity contribution in [2.75, 3.05) is 0 Å². The van der Waals surface area contributed by atoms with Gasteiger partial charge in [0.2, 0.25) is 6.41 Å². The first-order chi connectivity index (χ1) is 15.6. The number of hydrogen-bond donors (Lipinski definition) is 1. The second kappa shape index (κ2) is 14.4. The number of ether oxygens (including phenoxy) is 2. The number of benzene rings is 1. The van der Waals surface area contributed by atoms with Crippen molar-refractivity contribution < 1.29 is 23.9 Å². The molecule has 0 bridgehead atoms. The van der Waals surface area contributed by atoms with E-state index in [0.717, 1.165) is 37.7 Å². The summed E-state index contributed by atoms with van der Waals surface area (Å²) in [5, 5.41) is 2.59. The number of carbonyl (C=O) groups is 3. The van der Waals surface area contributed by atoms with Crippen LogP contribution in [0.2, 0.25) is 0 Å². The van der Waals surface area contributed by atoms with Crippen LogP contribution in [0, 0.1) is 5.92 Å². The van der Waals surface area contributed by atoms with Crippen LogP contribution in [0.1, 0.15) is 70.8 Å². The molecule has 1 saturated heterocycles. The summed E-state index contributed by atoms with van der Waals surface area (Å²) < 4.78 is 11.2. The lowest BCUT2D eigenvalue weighted by molar-refractivity contribution is -0.190. The largest absolute Gasteiger partial charge is 0.461 e. The molecule has 1 fully saturated rings. The summed E-state index contributed by atoms with van der Waals surface area (Å²) in [7, 11) is 0. The topological polar surface area (TPSA) is 81.7 Å². The zero-order valence-electron chi connectivity index (χ0n) is 19.3. The molecule has 176 valence electrons. The summed E-state index contributed by atoms with van der Waals surface area (Å²) in [4.78, 5) is 35.9. The molecule has 0 saturated carbocycles. The summed E-state index contributed by atoms with van der Waals surface area (Å²) in [6, 6.07) is 8.75. The lowest BCUT2D eigenvalue weighted by atomic mass is 9.86. The molecule has 2 rings (SSSR count). The lowest BCUT2D eigenvalue weighted by Crippen LogP contribution is -2.48. The molecule has 1 aliphatic heterocycles. The molecule has 32 heavy (non-hydrogen) atoms. The van der Waals surface area contributed by atoms with E-state index in [2.05, 4.69) is 12.2 Å². The van der Waals surface area contributed by atoms with E-state index in [4.69, 9.17) is 9.47 Å². The molecular weight excluding hydrogens is 406 g/mol. The fourth-order valence-corrected chi connectivity index (χ4v) is 4.03. The third-order valence-corrected chi connectivity index (χ3v) is 5.89. The Kier molecular flexibility index (Phi) is 11.6. The third kappa shape index (κ3) is 8.48. The standard InChI is InChI=1S/C26H37NO5/c1-3-5-7-12-16-22-24(32-25(22)29)18-21(15-9-6-4-2)31-26(30)23(27-19-28)17-20-13-10-8-11-14-20/h4,6,8,10-11,13-14,19,21-24H,3,5,7,9,12,15-18H2,1-2H3,(H,27,28)/t21?,22-,23-,24-/m0/s1. The highest BCUT2D eigenvalue weighted by Gasteiger charge is 2.43. The van der Waals surface area contributed by atoms with E-state index >= 15 is 0 Å². The first-order valence-electron chi connectivity index (χ1n) is 11.8. The Labute approximate surface area is 191 Å². The van der Waals surface area contributed by atoms with Crippen molar-refractivity contribution in [2.24, 2.45) is 5.92 Å². The molecule has 1 aliphatic rings. The van der Waals surface area contributed by atoms with Crippen LogP contribution in [0.15, 0.2) is 42.5 Å². The maximum absolute atomic E-state index is 12.9. The first-order valence-corrected chi connectivity index (χ1v) is 11.8. The number of amides is 1. The molecule has 1 aromatic carbocycles. The summed E-state index contributed by atoms with van der Waals surface area (Å²) in [6.45, 7) is 4.11. The Hall–Kier alpha value is -2.63. The molecule has 1 aromatic rings. The van der Waals surface area contributed by atoms with Gasteiger partial charge >= 0.3 is 11.9 Å². The Morgan fingerprint density at radius 2 is 2.00 bits per heavy atom. The minimum absolute atomic E-state index is 0.108. The fourth-order valence-electron chi connectivity index (χ4n) is 4.03. The minimum atomic E-state index is -0.757. The van der Waals surface area contributed by atoms with Crippen molar-refractivity contribution in [2.45, 2.75) is 89.9 Å². The molecule has 6 nitrogen and oxygen atoms in total. The van der Waals surface area contributed by atoms with Crippen molar-refractivity contribution >= 4 is 18.3 Å². The maximum Gasteiger partial charge on any atom is 0.329 e. The molecule has 0 aliphatic carbocycles. The van der Waals surface area contributed by atoms with Gasteiger partial charge in [-0.05, 0) is 31.7 Å². The van der Waals surface area contributed by atoms with Crippen LogP contribution >= 0.6 is 0 Å². The molecule has 6 heteroatoms. The zero-order chi connectivity index (χ0) is 23.2. The van der Waals surface area contributed by atoms with E-state index in [1.165, 1.54) is 6.42 Å². The summed E-state index contributed by atoms with van der Waals surface area (Å²) in [5.74, 6) is -0.714. The van der Waals surface area contributed by atoms with E-state index in [9.17, 15) is 14.4 Å². The van der Waals surface area contributed by atoms with Crippen LogP contribution in [0.4, 0.5) is 0 Å². The summed E-state index contributed by atoms with van der Waals surface area (Å²) in [5.41, 5.74) is 0.939. The highest BCUT2D eigenvalue weighted by molar-refractivity contribution is 5.79. The van der Waals surface area contributed by atoms with Crippen LogP contribution in [0.25, 0.3) is 0 Å². The average Bonchev–Trinajstić information content (AvgIpc) is 2.79. The average molecular weight is 444 g/mol. The fraction of sp³-hybridized carbons (Fsp3) is 0.577. The Morgan fingerprint density at radius 3 is 2.66 bits per heavy atom. The number of hydrogen-bond acceptors (Lipinski definition) is 5. The second-order valence-corrected chi connectivity index (χ2v) is 8.40. The number of nitrogens with one attached hydrogen (secondary N) is 1. The van der Waals surface area contributed by atoms with Gasteiger partial charge in [0.1, 0.15) is 18.2 Å². The van der Waals surface area contributed by atoms with E-state index in [1.807, 2.05) is 49.4 Å². The molecule has 0 radical (unpaired) electrons. The predicted molar refractivity (Wildman–Crippen MR) is 124 cm³/mol. The van der Waals surface area contributed by atoms with Crippen molar-refractivity contribution in [1.29, 1.82) is 0 Å². The smallest absolute Gasteiger partial charge is 0.329 e. The highest BCUT2D eigenvalue weighted by Crippen LogP contribution is 2.32. The van der Waals surface area contributed by atoms with E-state index in [0.29, 0.717) is 25.7 Å². The maximum atomic E-state index is 12.9. The molecule has 0 aromatic heterocycles. The SMILES string of the molecule is CC=CCCC(C[C@@H]1OC(=O)[C@H]1CCCCCC)OC(=O)[C@H](Cc1ccccc1)NC=O. The molecule has 0 spiro atoms. The van der Waals surface area contributed by atoms with Crippen molar-refractivity contribution in [1.82, 2.24) is 5.32 Å². The molecule has 1 amide bonds. The molecule has 1 N–H and O–H groups in total. The van der Waals surface area contributed by atoms with Crippen LogP contribution in [-0.2, 0) is 30.3 Å². The first kappa shape index (κ1) is 25.6. The summed E-state index contributed by atoms with van der Waals surface area (Å²) in [6.07, 6.45) is 11.5. The molecular formula is C26H37NO5. The van der Waals surface area contributed by atoms with E-state index in [1.54, 1.807) is 0 Å². The number of unbranched alkanes of at least 4 members (excludes halogenated alkanes) is 3. The van der Waals surface area contributed by atoms with Crippen LogP contribution in [-0.4, -0.2) is 36.6 Å². The Morgan fingerprint density at radius 1 is 1.22 bits per heavy atom. The van der Waals surface area contributed by atoms with Gasteiger partial charge in [0.05, 0.1) is 5.92 Å². The van der Waals surface area contributed by atoms with E-state index in [-0.39, 0.29) is 24.1 Å². The van der Waals surface area contributed by atoms with Crippen molar-refractivity contribution in [3.8, 4) is 0 Å². The van der Waals surface area contributed by atoms with Gasteiger partial charge in [0, 0.05) is 12.8 Å². The second-order valence-electron chi connectivity index (χ2n) is 8.40. The van der Waals surface area contributed by atoms with Gasteiger partial charge in [-0.2, -0.15) is 0 Å². The third-order valence-electron chi connectivity index (χ3n) is 5.89. The zero-order valence-corrected chi connectivity index (χ0v) is 19.3. The van der Waals surface area contributed by atoms with Crippen molar-refractivity contribution in [3.63, 3.8) is 0 Å². The van der Waals surface area contributed by atoms with E-state index < -0.39 is 12.0 Å². The van der Waals surface area contributed by atoms with Gasteiger partial charge in [0.15, 0.2) is 0 Å². The van der Waals surface area contributed by atoms with Gasteiger partial charge in [-0.25, -0.2) is 4.79 Å². The number of allylic oxidation sites excluding steroid dienone is 2. The Balaban J connectivity index is 1.97. The van der Waals surface area contributed by atoms with Gasteiger partial charge < -0.3 is 14.8 Å². The van der Waals surface area contributed by atoms with Gasteiger partial charge in [-0.15, -0.1) is 0 Å². The normalized spacial score (nSPS) is 19.6. The molecule has 4 atom stereocenters. The highest BCUT2D eigenvalue weighted by atomic mass is 16.6. The van der Waals surface area contributed by atoms with Crippen LogP contribution in [0.5, 0.6) is 0 Å². The number of cyclic esters (lactones) is 1.